The molecule has 0 aliphatic carbocycles. The molecule has 0 fully saturated rings. The first kappa shape index (κ1) is 15.6. The summed E-state index contributed by atoms with van der Waals surface area (Å²) in [5.41, 5.74) is 10.7. The van der Waals surface area contributed by atoms with E-state index >= 15 is 0 Å². The molecule has 4 N–H and O–H groups in total. The lowest BCUT2D eigenvalue weighted by atomic mass is 10.1. The van der Waals surface area contributed by atoms with Crippen molar-refractivity contribution in [3.63, 3.8) is 0 Å². The van der Waals surface area contributed by atoms with Crippen LogP contribution in [0.3, 0.4) is 0 Å². The Labute approximate surface area is 105 Å². The minimum atomic E-state index is -0.656. The summed E-state index contributed by atoms with van der Waals surface area (Å²) in [6.45, 7) is 7.35. The van der Waals surface area contributed by atoms with E-state index in [1.54, 1.807) is 13.8 Å². The van der Waals surface area contributed by atoms with Gasteiger partial charge in [0.1, 0.15) is 9.49 Å². The van der Waals surface area contributed by atoms with Crippen LogP contribution in [0.4, 0.5) is 0 Å². The number of primary amides is 2. The molecule has 0 aliphatic heterocycles. The van der Waals surface area contributed by atoms with Crippen LogP contribution in [0.25, 0.3) is 0 Å². The third kappa shape index (κ3) is 3.59. The Morgan fingerprint density at radius 1 is 0.938 bits per heavy atom. The van der Waals surface area contributed by atoms with E-state index in [1.807, 2.05) is 13.8 Å². The maximum Gasteiger partial charge on any atom is 0.234 e. The summed E-state index contributed by atoms with van der Waals surface area (Å²) in [4.78, 5) is 22.6. The largest absolute Gasteiger partial charge is 0.368 e. The standard InChI is InChI=1S/C10H20N2O2S2/c1-5-9(3,7(11)13)15-16-10(4,6-2)8(12)14/h5-6H2,1-4H3,(H2,11,13)(H2,12,14). The Morgan fingerprint density at radius 2 is 1.19 bits per heavy atom. The van der Waals surface area contributed by atoms with E-state index in [0.717, 1.165) is 0 Å². The molecule has 0 radical (unpaired) electrons. The van der Waals surface area contributed by atoms with Crippen LogP contribution in [-0.4, -0.2) is 21.3 Å². The highest BCUT2D eigenvalue weighted by Crippen LogP contribution is 2.46. The molecule has 4 nitrogen and oxygen atoms in total. The number of hydrogen-bond donors (Lipinski definition) is 2. The van der Waals surface area contributed by atoms with Crippen molar-refractivity contribution in [3.8, 4) is 0 Å². The van der Waals surface area contributed by atoms with E-state index in [4.69, 9.17) is 11.5 Å². The highest BCUT2D eigenvalue weighted by molar-refractivity contribution is 8.78. The molecular formula is C10H20N2O2S2. The minimum Gasteiger partial charge on any atom is -0.368 e. The summed E-state index contributed by atoms with van der Waals surface area (Å²) in [5.74, 6) is -0.731. The molecule has 0 heterocycles. The van der Waals surface area contributed by atoms with Gasteiger partial charge in [0.15, 0.2) is 0 Å². The van der Waals surface area contributed by atoms with Gasteiger partial charge in [0.2, 0.25) is 11.8 Å². The molecule has 2 unspecified atom stereocenters. The Bertz CT molecular complexity index is 258. The highest BCUT2D eigenvalue weighted by atomic mass is 33.1. The van der Waals surface area contributed by atoms with Crippen LogP contribution in [0.15, 0.2) is 0 Å². The van der Waals surface area contributed by atoms with Crippen LogP contribution in [0, 0.1) is 0 Å². The van der Waals surface area contributed by atoms with Gasteiger partial charge in [0, 0.05) is 0 Å². The Hall–Kier alpha value is -0.360. The van der Waals surface area contributed by atoms with Gasteiger partial charge in [-0.2, -0.15) is 0 Å². The molecule has 2 amide bonds. The number of rotatable bonds is 7. The van der Waals surface area contributed by atoms with Crippen LogP contribution in [0.1, 0.15) is 40.5 Å². The SMILES string of the molecule is CCC(C)(SSC(C)(CC)C(N)=O)C(N)=O. The summed E-state index contributed by atoms with van der Waals surface area (Å²) < 4.78 is -1.31. The average Bonchev–Trinajstić information content (AvgIpc) is 2.24. The van der Waals surface area contributed by atoms with Gasteiger partial charge in [0.05, 0.1) is 0 Å². The zero-order valence-electron chi connectivity index (χ0n) is 10.2. The van der Waals surface area contributed by atoms with Crippen LogP contribution in [0.5, 0.6) is 0 Å². The third-order valence-corrected chi connectivity index (χ3v) is 7.06. The molecule has 0 saturated heterocycles. The first-order valence-corrected chi connectivity index (χ1v) is 7.33. The first-order valence-electron chi connectivity index (χ1n) is 5.18. The third-order valence-electron chi connectivity index (χ3n) is 2.80. The fourth-order valence-corrected chi connectivity index (χ4v) is 3.80. The Balaban J connectivity index is 4.64. The Morgan fingerprint density at radius 3 is 1.31 bits per heavy atom. The molecule has 0 spiro atoms. The average molecular weight is 264 g/mol. The smallest absolute Gasteiger partial charge is 0.234 e. The lowest BCUT2D eigenvalue weighted by Gasteiger charge is -2.29. The molecule has 0 aromatic heterocycles. The van der Waals surface area contributed by atoms with Crippen molar-refractivity contribution >= 4 is 33.4 Å². The molecule has 0 aromatic carbocycles. The van der Waals surface area contributed by atoms with Gasteiger partial charge in [-0.25, -0.2) is 0 Å². The maximum atomic E-state index is 11.3. The van der Waals surface area contributed by atoms with Gasteiger partial charge in [-0.05, 0) is 26.7 Å². The van der Waals surface area contributed by atoms with Crippen molar-refractivity contribution in [1.82, 2.24) is 0 Å². The summed E-state index contributed by atoms with van der Waals surface area (Å²) in [5, 5.41) is 0. The van der Waals surface area contributed by atoms with Gasteiger partial charge < -0.3 is 11.5 Å². The van der Waals surface area contributed by atoms with Crippen molar-refractivity contribution < 1.29 is 9.59 Å². The van der Waals surface area contributed by atoms with Crippen LogP contribution in [-0.2, 0) is 9.59 Å². The predicted molar refractivity (Wildman–Crippen MR) is 71.0 cm³/mol. The fourth-order valence-electron chi connectivity index (χ4n) is 0.732. The molecule has 0 aliphatic rings. The van der Waals surface area contributed by atoms with Crippen molar-refractivity contribution in [2.75, 3.05) is 0 Å². The lowest BCUT2D eigenvalue weighted by molar-refractivity contribution is -0.120. The monoisotopic (exact) mass is 264 g/mol. The molecule has 0 saturated carbocycles. The quantitative estimate of drug-likeness (QED) is 0.685. The number of nitrogens with two attached hydrogens (primary N) is 2. The van der Waals surface area contributed by atoms with Crippen LogP contribution >= 0.6 is 21.6 Å². The molecule has 2 atom stereocenters. The van der Waals surface area contributed by atoms with Crippen molar-refractivity contribution in [2.45, 2.75) is 50.0 Å². The highest BCUT2D eigenvalue weighted by Gasteiger charge is 2.37. The Kier molecular flexibility index (Phi) is 5.69. The van der Waals surface area contributed by atoms with Gasteiger partial charge in [0.25, 0.3) is 0 Å². The first-order chi connectivity index (χ1) is 7.22. The van der Waals surface area contributed by atoms with Crippen LogP contribution < -0.4 is 11.5 Å². The van der Waals surface area contributed by atoms with Crippen LogP contribution in [0.2, 0.25) is 0 Å². The molecule has 94 valence electrons. The molecular weight excluding hydrogens is 244 g/mol. The van der Waals surface area contributed by atoms with Gasteiger partial charge >= 0.3 is 0 Å². The fraction of sp³-hybridized carbons (Fsp3) is 0.800. The van der Waals surface area contributed by atoms with E-state index < -0.39 is 9.49 Å². The lowest BCUT2D eigenvalue weighted by Crippen LogP contribution is -2.40. The summed E-state index contributed by atoms with van der Waals surface area (Å²) in [6, 6.07) is 0. The molecule has 0 bridgehead atoms. The van der Waals surface area contributed by atoms with E-state index in [9.17, 15) is 9.59 Å². The molecule has 16 heavy (non-hydrogen) atoms. The molecule has 0 aromatic rings. The zero-order valence-corrected chi connectivity index (χ0v) is 11.8. The van der Waals surface area contributed by atoms with E-state index in [1.165, 1.54) is 21.6 Å². The number of carbonyl (C=O) groups is 2. The second kappa shape index (κ2) is 5.82. The second-order valence-electron chi connectivity index (χ2n) is 4.06. The van der Waals surface area contributed by atoms with Gasteiger partial charge in [-0.15, -0.1) is 0 Å². The topological polar surface area (TPSA) is 86.2 Å². The maximum absolute atomic E-state index is 11.3. The van der Waals surface area contributed by atoms with Crippen molar-refractivity contribution in [2.24, 2.45) is 11.5 Å². The molecule has 6 heteroatoms. The zero-order chi connectivity index (χ0) is 13.0. The van der Waals surface area contributed by atoms with Crippen molar-refractivity contribution in [1.29, 1.82) is 0 Å². The second-order valence-corrected chi connectivity index (χ2v) is 7.20. The predicted octanol–water partition coefficient (Wildman–Crippen LogP) is 1.68. The molecule has 0 rings (SSSR count). The normalized spacial score (nSPS) is 18.5. The van der Waals surface area contributed by atoms with E-state index in [0.29, 0.717) is 12.8 Å². The van der Waals surface area contributed by atoms with E-state index in [-0.39, 0.29) is 11.8 Å². The summed E-state index contributed by atoms with van der Waals surface area (Å²) in [6.07, 6.45) is 1.25. The number of hydrogen-bond acceptors (Lipinski definition) is 4. The summed E-state index contributed by atoms with van der Waals surface area (Å²) >= 11 is 0. The number of carbonyl (C=O) groups excluding carboxylic acids is 2. The minimum absolute atomic E-state index is 0.365. The van der Waals surface area contributed by atoms with Crippen molar-refractivity contribution in [3.05, 3.63) is 0 Å². The van der Waals surface area contributed by atoms with Gasteiger partial charge in [-0.1, -0.05) is 35.4 Å². The van der Waals surface area contributed by atoms with E-state index in [2.05, 4.69) is 0 Å². The van der Waals surface area contributed by atoms with Gasteiger partial charge in [-0.3, -0.25) is 9.59 Å². The number of amides is 2. The summed E-state index contributed by atoms with van der Waals surface area (Å²) in [7, 11) is 2.67.